The third kappa shape index (κ3) is 4.63. The van der Waals surface area contributed by atoms with Crippen molar-refractivity contribution in [3.8, 4) is 5.75 Å². The van der Waals surface area contributed by atoms with E-state index in [2.05, 4.69) is 65.6 Å². The summed E-state index contributed by atoms with van der Waals surface area (Å²) in [6.07, 6.45) is 0. The average molecular weight is 364 g/mol. The van der Waals surface area contributed by atoms with Crippen LogP contribution in [0.25, 0.3) is 0 Å². The summed E-state index contributed by atoms with van der Waals surface area (Å²) >= 11 is 7.04. The largest absolute Gasteiger partial charge is 0.493 e. The minimum Gasteiger partial charge on any atom is -0.493 e. The molecule has 1 aromatic rings. The van der Waals surface area contributed by atoms with Gasteiger partial charge < -0.3 is 4.74 Å². The molecule has 1 unspecified atom stereocenters. The highest BCUT2D eigenvalue weighted by molar-refractivity contribution is 9.10. The Morgan fingerprint density at radius 3 is 2.47 bits per heavy atom. The Bertz CT molecular complexity index is 369. The predicted octanol–water partition coefficient (Wildman–Crippen LogP) is 5.19. The number of hydrogen-bond acceptors (Lipinski definition) is 1. The van der Waals surface area contributed by atoms with Crippen LogP contribution >= 0.6 is 31.9 Å². The smallest absolute Gasteiger partial charge is 0.123 e. The first-order valence-corrected chi connectivity index (χ1v) is 7.71. The van der Waals surface area contributed by atoms with Gasteiger partial charge in [0.1, 0.15) is 5.75 Å². The molecule has 0 saturated carbocycles. The Morgan fingerprint density at radius 2 is 1.94 bits per heavy atom. The van der Waals surface area contributed by atoms with Gasteiger partial charge in [0.15, 0.2) is 0 Å². The summed E-state index contributed by atoms with van der Waals surface area (Å²) in [6, 6.07) is 6.14. The Kier molecular flexibility index (Phi) is 5.52. The molecule has 1 nitrogen and oxygen atoms in total. The van der Waals surface area contributed by atoms with Crippen LogP contribution in [-0.4, -0.2) is 11.9 Å². The van der Waals surface area contributed by atoms with Crippen molar-refractivity contribution in [1.29, 1.82) is 0 Å². The Morgan fingerprint density at radius 1 is 1.29 bits per heavy atom. The monoisotopic (exact) mass is 362 g/mol. The molecule has 1 atom stereocenters. The number of hydrogen-bond donors (Lipinski definition) is 0. The number of alkyl halides is 1. The fraction of sp³-hybridized carbons (Fsp3) is 0.571. The van der Waals surface area contributed by atoms with Gasteiger partial charge in [0.2, 0.25) is 0 Å². The maximum atomic E-state index is 5.94. The Labute approximate surface area is 121 Å². The van der Waals surface area contributed by atoms with Gasteiger partial charge in [0, 0.05) is 15.7 Å². The lowest BCUT2D eigenvalue weighted by Crippen LogP contribution is -2.28. The Hall–Kier alpha value is -0.0200. The minimum atomic E-state index is 0.253. The van der Waals surface area contributed by atoms with Gasteiger partial charge in [0.25, 0.3) is 0 Å². The zero-order valence-corrected chi connectivity index (χ0v) is 14.1. The second-order valence-corrected chi connectivity index (χ2v) is 7.00. The van der Waals surface area contributed by atoms with Gasteiger partial charge in [-0.3, -0.25) is 0 Å². The normalized spacial score (nSPS) is 13.5. The predicted molar refractivity (Wildman–Crippen MR) is 81.1 cm³/mol. The second kappa shape index (κ2) is 6.24. The lowest BCUT2D eigenvalue weighted by Gasteiger charge is -2.29. The van der Waals surface area contributed by atoms with Crippen LogP contribution in [0.15, 0.2) is 22.7 Å². The molecular formula is C14H20Br2O. The van der Waals surface area contributed by atoms with Crippen LogP contribution in [-0.2, 0) is 0 Å². The molecule has 0 spiro atoms. The maximum absolute atomic E-state index is 5.94. The summed E-state index contributed by atoms with van der Waals surface area (Å²) in [5.74, 6) is 1.47. The zero-order valence-electron chi connectivity index (χ0n) is 10.9. The first kappa shape index (κ1) is 15.0. The molecule has 0 fully saturated rings. The molecule has 0 N–H and O–H groups in total. The van der Waals surface area contributed by atoms with Gasteiger partial charge in [-0.15, -0.1) is 0 Å². The summed E-state index contributed by atoms with van der Waals surface area (Å²) in [7, 11) is 0. The molecule has 0 bridgehead atoms. The van der Waals surface area contributed by atoms with E-state index in [0.29, 0.717) is 5.92 Å². The molecule has 0 aliphatic carbocycles. The van der Waals surface area contributed by atoms with Crippen LogP contribution in [0.3, 0.4) is 0 Å². The van der Waals surface area contributed by atoms with Crippen LogP contribution in [0.2, 0.25) is 0 Å². The lowest BCUT2D eigenvalue weighted by atomic mass is 9.83. The highest BCUT2D eigenvalue weighted by Crippen LogP contribution is 2.29. The van der Waals surface area contributed by atoms with Crippen molar-refractivity contribution in [2.24, 2.45) is 11.3 Å². The molecule has 0 heterocycles. The molecule has 0 aliphatic heterocycles. The highest BCUT2D eigenvalue weighted by atomic mass is 79.9. The van der Waals surface area contributed by atoms with E-state index in [9.17, 15) is 0 Å². The van der Waals surface area contributed by atoms with Gasteiger partial charge in [-0.25, -0.2) is 0 Å². The van der Waals surface area contributed by atoms with Gasteiger partial charge in [-0.05, 0) is 30.0 Å². The number of halogens is 2. The van der Waals surface area contributed by atoms with Crippen LogP contribution in [0.1, 0.15) is 26.3 Å². The maximum Gasteiger partial charge on any atom is 0.123 e. The van der Waals surface area contributed by atoms with Crippen molar-refractivity contribution >= 4 is 31.9 Å². The molecule has 0 saturated heterocycles. The summed E-state index contributed by atoms with van der Waals surface area (Å²) in [4.78, 5) is 0. The van der Waals surface area contributed by atoms with Crippen LogP contribution in [0.4, 0.5) is 0 Å². The molecule has 3 heteroatoms. The zero-order chi connectivity index (χ0) is 13.1. The number of aryl methyl sites for hydroxylation is 1. The molecular weight excluding hydrogens is 344 g/mol. The quantitative estimate of drug-likeness (QED) is 0.668. The van der Waals surface area contributed by atoms with Crippen molar-refractivity contribution in [3.63, 3.8) is 0 Å². The molecule has 0 radical (unpaired) electrons. The summed E-state index contributed by atoms with van der Waals surface area (Å²) in [5.41, 5.74) is 1.43. The molecule has 0 aromatic heterocycles. The first-order valence-electron chi connectivity index (χ1n) is 5.79. The summed E-state index contributed by atoms with van der Waals surface area (Å²) in [6.45, 7) is 9.55. The molecule has 17 heavy (non-hydrogen) atoms. The first-order chi connectivity index (χ1) is 7.84. The van der Waals surface area contributed by atoms with Crippen LogP contribution < -0.4 is 4.74 Å². The van der Waals surface area contributed by atoms with Gasteiger partial charge in [-0.1, -0.05) is 58.7 Å². The number of ether oxygens (including phenoxy) is 1. The van der Waals surface area contributed by atoms with E-state index in [0.717, 1.165) is 22.2 Å². The summed E-state index contributed by atoms with van der Waals surface area (Å²) < 4.78 is 7.00. The van der Waals surface area contributed by atoms with E-state index >= 15 is 0 Å². The molecule has 0 aliphatic rings. The van der Waals surface area contributed by atoms with Crippen molar-refractivity contribution in [2.45, 2.75) is 27.7 Å². The van der Waals surface area contributed by atoms with Crippen molar-refractivity contribution < 1.29 is 4.74 Å². The number of benzene rings is 1. The number of rotatable bonds is 4. The van der Waals surface area contributed by atoms with Crippen molar-refractivity contribution in [2.75, 3.05) is 11.9 Å². The molecule has 96 valence electrons. The van der Waals surface area contributed by atoms with E-state index in [-0.39, 0.29) is 5.41 Å². The minimum absolute atomic E-state index is 0.253. The third-order valence-electron chi connectivity index (χ3n) is 3.00. The highest BCUT2D eigenvalue weighted by Gasteiger charge is 2.24. The standard InChI is InChI=1S/C14H20Br2O/c1-10-5-6-12(16)7-13(10)17-9-11(8-15)14(2,3)4/h5-7,11H,8-9H2,1-4H3. The fourth-order valence-corrected chi connectivity index (χ4v) is 2.94. The molecule has 0 amide bonds. The van der Waals surface area contributed by atoms with Gasteiger partial charge in [0.05, 0.1) is 6.61 Å². The van der Waals surface area contributed by atoms with Crippen molar-refractivity contribution in [1.82, 2.24) is 0 Å². The van der Waals surface area contributed by atoms with Gasteiger partial charge in [-0.2, -0.15) is 0 Å². The van der Waals surface area contributed by atoms with E-state index in [1.165, 1.54) is 5.56 Å². The van der Waals surface area contributed by atoms with E-state index < -0.39 is 0 Å². The van der Waals surface area contributed by atoms with Crippen LogP contribution in [0, 0.1) is 18.3 Å². The topological polar surface area (TPSA) is 9.23 Å². The van der Waals surface area contributed by atoms with Crippen LogP contribution in [0.5, 0.6) is 5.75 Å². The molecule has 1 rings (SSSR count). The van der Waals surface area contributed by atoms with Gasteiger partial charge >= 0.3 is 0 Å². The van der Waals surface area contributed by atoms with Crippen molar-refractivity contribution in [3.05, 3.63) is 28.2 Å². The summed E-state index contributed by atoms with van der Waals surface area (Å²) in [5, 5.41) is 0.962. The SMILES string of the molecule is Cc1ccc(Br)cc1OCC(CBr)C(C)(C)C. The average Bonchev–Trinajstić information content (AvgIpc) is 2.22. The Balaban J connectivity index is 2.69. The van der Waals surface area contributed by atoms with E-state index in [1.807, 2.05) is 12.1 Å². The lowest BCUT2D eigenvalue weighted by molar-refractivity contribution is 0.165. The third-order valence-corrected chi connectivity index (χ3v) is 4.28. The second-order valence-electron chi connectivity index (χ2n) is 5.44. The van der Waals surface area contributed by atoms with E-state index in [1.54, 1.807) is 0 Å². The molecule has 1 aromatic carbocycles. The van der Waals surface area contributed by atoms with E-state index in [4.69, 9.17) is 4.74 Å². The fourth-order valence-electron chi connectivity index (χ4n) is 1.45.